The Morgan fingerprint density at radius 1 is 0.909 bits per heavy atom. The van der Waals surface area contributed by atoms with Crippen molar-refractivity contribution in [3.63, 3.8) is 0 Å². The van der Waals surface area contributed by atoms with E-state index in [-0.39, 0.29) is 0 Å². The quantitative estimate of drug-likeness (QED) is 0.517. The predicted octanol–water partition coefficient (Wildman–Crippen LogP) is 5.51. The summed E-state index contributed by atoms with van der Waals surface area (Å²) in [6.45, 7) is 4.47. The third-order valence-electron chi connectivity index (χ3n) is 4.24. The molecular formula is C20H18N2. The van der Waals surface area contributed by atoms with Crippen LogP contribution >= 0.6 is 0 Å². The Morgan fingerprint density at radius 3 is 2.45 bits per heavy atom. The van der Waals surface area contributed by atoms with Crippen LogP contribution in [0.4, 0.5) is 0 Å². The first-order chi connectivity index (χ1) is 10.7. The first-order valence-electron chi connectivity index (χ1n) is 7.70. The summed E-state index contributed by atoms with van der Waals surface area (Å²) >= 11 is 0. The molecule has 0 aliphatic heterocycles. The van der Waals surface area contributed by atoms with Crippen LogP contribution in [0.25, 0.3) is 33.1 Å². The van der Waals surface area contributed by atoms with Gasteiger partial charge in [0.1, 0.15) is 0 Å². The Labute approximate surface area is 129 Å². The van der Waals surface area contributed by atoms with Crippen molar-refractivity contribution in [1.82, 2.24) is 9.97 Å². The van der Waals surface area contributed by atoms with Crippen molar-refractivity contribution in [3.8, 4) is 11.3 Å². The van der Waals surface area contributed by atoms with Crippen LogP contribution in [-0.2, 0) is 0 Å². The number of nitrogens with zero attached hydrogens (tertiary/aromatic N) is 1. The van der Waals surface area contributed by atoms with Crippen molar-refractivity contribution < 1.29 is 0 Å². The summed E-state index contributed by atoms with van der Waals surface area (Å²) in [4.78, 5) is 8.23. The number of hydrogen-bond acceptors (Lipinski definition) is 1. The van der Waals surface area contributed by atoms with E-state index >= 15 is 0 Å². The molecule has 0 radical (unpaired) electrons. The lowest BCUT2D eigenvalue weighted by atomic mass is 9.96. The Hall–Kier alpha value is -2.61. The minimum absolute atomic E-state index is 0.469. The van der Waals surface area contributed by atoms with Crippen LogP contribution in [0.1, 0.15) is 25.3 Å². The second-order valence-electron chi connectivity index (χ2n) is 6.02. The first-order valence-corrected chi connectivity index (χ1v) is 7.70. The predicted molar refractivity (Wildman–Crippen MR) is 93.1 cm³/mol. The third-order valence-corrected chi connectivity index (χ3v) is 4.24. The monoisotopic (exact) mass is 286 g/mol. The van der Waals surface area contributed by atoms with E-state index in [1.165, 1.54) is 21.9 Å². The van der Waals surface area contributed by atoms with Gasteiger partial charge in [0.25, 0.3) is 0 Å². The molecule has 0 amide bonds. The topological polar surface area (TPSA) is 28.7 Å². The van der Waals surface area contributed by atoms with Crippen molar-refractivity contribution in [1.29, 1.82) is 0 Å². The molecule has 0 saturated heterocycles. The molecule has 22 heavy (non-hydrogen) atoms. The van der Waals surface area contributed by atoms with Crippen LogP contribution in [0.3, 0.4) is 0 Å². The molecule has 2 aromatic heterocycles. The number of fused-ring (bicyclic) bond motifs is 2. The van der Waals surface area contributed by atoms with E-state index in [2.05, 4.69) is 79.6 Å². The highest BCUT2D eigenvalue weighted by molar-refractivity contribution is 5.96. The number of hydrogen-bond donors (Lipinski definition) is 1. The van der Waals surface area contributed by atoms with Crippen molar-refractivity contribution >= 4 is 21.8 Å². The number of para-hydroxylation sites is 2. The second-order valence-corrected chi connectivity index (χ2v) is 6.02. The third kappa shape index (κ3) is 2.00. The lowest BCUT2D eigenvalue weighted by Crippen LogP contribution is -1.94. The smallest absolute Gasteiger partial charge is 0.0734 e. The molecule has 0 bridgehead atoms. The molecule has 0 aliphatic rings. The number of H-pyrrole nitrogens is 1. The molecule has 1 N–H and O–H groups in total. The van der Waals surface area contributed by atoms with Crippen LogP contribution in [0.2, 0.25) is 0 Å². The average molecular weight is 286 g/mol. The summed E-state index contributed by atoms with van der Waals surface area (Å²) in [5.41, 5.74) is 5.78. The fourth-order valence-electron chi connectivity index (χ4n) is 3.10. The van der Waals surface area contributed by atoms with Gasteiger partial charge in [-0.1, -0.05) is 50.2 Å². The molecule has 0 fully saturated rings. The fourth-order valence-corrected chi connectivity index (χ4v) is 3.10. The molecule has 108 valence electrons. The molecule has 0 aliphatic carbocycles. The van der Waals surface area contributed by atoms with Gasteiger partial charge in [0, 0.05) is 28.0 Å². The van der Waals surface area contributed by atoms with Gasteiger partial charge in [-0.3, -0.25) is 0 Å². The van der Waals surface area contributed by atoms with Gasteiger partial charge in [0.2, 0.25) is 0 Å². The summed E-state index contributed by atoms with van der Waals surface area (Å²) in [6.07, 6.45) is 2.06. The van der Waals surface area contributed by atoms with Crippen LogP contribution in [-0.4, -0.2) is 9.97 Å². The van der Waals surface area contributed by atoms with Gasteiger partial charge in [-0.15, -0.1) is 0 Å². The number of aromatic nitrogens is 2. The van der Waals surface area contributed by atoms with Crippen LogP contribution in [0, 0.1) is 0 Å². The highest BCUT2D eigenvalue weighted by atomic mass is 14.7. The van der Waals surface area contributed by atoms with Crippen molar-refractivity contribution in [2.24, 2.45) is 0 Å². The molecule has 2 aromatic carbocycles. The molecule has 4 aromatic rings. The number of rotatable bonds is 2. The maximum absolute atomic E-state index is 4.89. The fraction of sp³-hybridized carbons (Fsp3) is 0.150. The normalized spacial score (nSPS) is 11.6. The molecule has 0 spiro atoms. The Bertz CT molecular complexity index is 964. The summed E-state index contributed by atoms with van der Waals surface area (Å²) in [6, 6.07) is 19.0. The second kappa shape index (κ2) is 4.99. The standard InChI is InChI=1S/C20H18N2/c1-13(2)16-11-20(22-19-10-6-4-7-14(16)19)17-12-21-18-9-5-3-8-15(17)18/h3-13,21H,1-2H3. The Kier molecular flexibility index (Phi) is 2.97. The summed E-state index contributed by atoms with van der Waals surface area (Å²) < 4.78 is 0. The highest BCUT2D eigenvalue weighted by Gasteiger charge is 2.12. The molecular weight excluding hydrogens is 268 g/mol. The van der Waals surface area contributed by atoms with Gasteiger partial charge in [-0.2, -0.15) is 0 Å². The number of pyridine rings is 1. The van der Waals surface area contributed by atoms with E-state index in [1.54, 1.807) is 0 Å². The minimum atomic E-state index is 0.469. The number of benzene rings is 2. The van der Waals surface area contributed by atoms with Gasteiger partial charge >= 0.3 is 0 Å². The van der Waals surface area contributed by atoms with E-state index < -0.39 is 0 Å². The lowest BCUT2D eigenvalue weighted by Gasteiger charge is -2.12. The van der Waals surface area contributed by atoms with Crippen molar-refractivity contribution in [2.75, 3.05) is 0 Å². The zero-order valence-corrected chi connectivity index (χ0v) is 12.8. The average Bonchev–Trinajstić information content (AvgIpc) is 2.97. The molecule has 0 unspecified atom stereocenters. The number of nitrogens with one attached hydrogen (secondary N) is 1. The van der Waals surface area contributed by atoms with Crippen molar-refractivity contribution in [2.45, 2.75) is 19.8 Å². The van der Waals surface area contributed by atoms with Gasteiger partial charge in [0.05, 0.1) is 11.2 Å². The highest BCUT2D eigenvalue weighted by Crippen LogP contribution is 2.32. The van der Waals surface area contributed by atoms with Crippen LogP contribution in [0.5, 0.6) is 0 Å². The Balaban J connectivity index is 2.03. The minimum Gasteiger partial charge on any atom is -0.360 e. The van der Waals surface area contributed by atoms with Gasteiger partial charge in [-0.25, -0.2) is 4.98 Å². The summed E-state index contributed by atoms with van der Waals surface area (Å²) in [5, 5.41) is 2.47. The van der Waals surface area contributed by atoms with E-state index in [9.17, 15) is 0 Å². The zero-order valence-electron chi connectivity index (χ0n) is 12.8. The van der Waals surface area contributed by atoms with E-state index in [4.69, 9.17) is 4.98 Å². The van der Waals surface area contributed by atoms with E-state index in [1.807, 2.05) is 0 Å². The van der Waals surface area contributed by atoms with Gasteiger partial charge in [0.15, 0.2) is 0 Å². The van der Waals surface area contributed by atoms with Gasteiger partial charge < -0.3 is 4.98 Å². The van der Waals surface area contributed by atoms with Gasteiger partial charge in [-0.05, 0) is 29.7 Å². The maximum Gasteiger partial charge on any atom is 0.0734 e. The molecule has 2 heteroatoms. The maximum atomic E-state index is 4.89. The van der Waals surface area contributed by atoms with Crippen LogP contribution < -0.4 is 0 Å². The molecule has 2 nitrogen and oxygen atoms in total. The van der Waals surface area contributed by atoms with E-state index in [0.29, 0.717) is 5.92 Å². The largest absolute Gasteiger partial charge is 0.360 e. The molecule has 4 rings (SSSR count). The zero-order chi connectivity index (χ0) is 15.1. The van der Waals surface area contributed by atoms with Crippen molar-refractivity contribution in [3.05, 3.63) is 66.4 Å². The molecule has 0 saturated carbocycles. The first kappa shape index (κ1) is 13.1. The molecule has 2 heterocycles. The van der Waals surface area contributed by atoms with E-state index in [0.717, 1.165) is 16.7 Å². The number of aromatic amines is 1. The Morgan fingerprint density at radius 2 is 1.64 bits per heavy atom. The van der Waals surface area contributed by atoms with Crippen LogP contribution in [0.15, 0.2) is 60.8 Å². The summed E-state index contributed by atoms with van der Waals surface area (Å²) in [7, 11) is 0. The summed E-state index contributed by atoms with van der Waals surface area (Å²) in [5.74, 6) is 0.469. The SMILES string of the molecule is CC(C)c1cc(-c2c[nH]c3ccccc23)nc2ccccc12. The lowest BCUT2D eigenvalue weighted by molar-refractivity contribution is 0.875. The molecule has 0 atom stereocenters.